The summed E-state index contributed by atoms with van der Waals surface area (Å²) in [7, 11) is 1.96. The molecule has 3 rings (SSSR count). The van der Waals surface area contributed by atoms with Crippen molar-refractivity contribution in [3.63, 3.8) is 0 Å². The van der Waals surface area contributed by atoms with E-state index in [0.717, 1.165) is 27.7 Å². The Bertz CT molecular complexity index is 872. The Kier molecular flexibility index (Phi) is 4.26. The van der Waals surface area contributed by atoms with E-state index in [0.29, 0.717) is 18.5 Å². The largest absolute Gasteiger partial charge is 0.392 e. The Hall–Kier alpha value is -2.43. The minimum atomic E-state index is -0.484. The van der Waals surface area contributed by atoms with Gasteiger partial charge in [0.15, 0.2) is 0 Å². The van der Waals surface area contributed by atoms with Gasteiger partial charge in [0, 0.05) is 17.6 Å². The number of nitrogen functional groups attached to an aromatic ring is 1. The van der Waals surface area contributed by atoms with Crippen LogP contribution in [-0.2, 0) is 13.0 Å². The number of nitrogens with two attached hydrogens (primary N) is 1. The predicted octanol–water partition coefficient (Wildman–Crippen LogP) is 3.47. The van der Waals surface area contributed by atoms with Gasteiger partial charge in [-0.3, -0.25) is 10.1 Å². The molecule has 6 nitrogen and oxygen atoms in total. The zero-order valence-corrected chi connectivity index (χ0v) is 14.6. The van der Waals surface area contributed by atoms with Gasteiger partial charge in [0.05, 0.1) is 16.1 Å². The highest BCUT2D eigenvalue weighted by atomic mass is 79.9. The van der Waals surface area contributed by atoms with Crippen molar-refractivity contribution >= 4 is 27.3 Å². The number of nitro benzene ring substituents is 1. The third-order valence-electron chi connectivity index (χ3n) is 4.33. The van der Waals surface area contributed by atoms with Crippen LogP contribution in [0, 0.1) is 21.4 Å². The second-order valence-corrected chi connectivity index (χ2v) is 6.75. The minimum Gasteiger partial charge on any atom is -0.392 e. The van der Waals surface area contributed by atoms with E-state index in [1.807, 2.05) is 31.3 Å². The molecule has 7 heteroatoms. The maximum absolute atomic E-state index is 11.7. The van der Waals surface area contributed by atoms with Gasteiger partial charge in [0.1, 0.15) is 11.8 Å². The standard InChI is InChI=1S/C17H15BrN4O2/c1-21-7-6-12-13(8-19)16(20)17(22(23)24)15(14(12)9-21)10-2-4-11(18)5-3-10/h2-5H,6-7,9,20H2,1H3. The third kappa shape index (κ3) is 2.64. The molecule has 0 aromatic heterocycles. The summed E-state index contributed by atoms with van der Waals surface area (Å²) in [6.45, 7) is 1.34. The van der Waals surface area contributed by atoms with E-state index in [1.165, 1.54) is 0 Å². The van der Waals surface area contributed by atoms with Gasteiger partial charge in [-0.05, 0) is 42.3 Å². The maximum atomic E-state index is 11.7. The summed E-state index contributed by atoms with van der Waals surface area (Å²) in [5, 5.41) is 21.2. The van der Waals surface area contributed by atoms with Gasteiger partial charge < -0.3 is 10.6 Å². The average Bonchev–Trinajstić information content (AvgIpc) is 2.54. The number of halogens is 1. The molecule has 0 atom stereocenters. The lowest BCUT2D eigenvalue weighted by atomic mass is 9.85. The Morgan fingerprint density at radius 2 is 2.00 bits per heavy atom. The second-order valence-electron chi connectivity index (χ2n) is 5.83. The molecule has 0 saturated heterocycles. The topological polar surface area (TPSA) is 96.2 Å². The molecular weight excluding hydrogens is 372 g/mol. The summed E-state index contributed by atoms with van der Waals surface area (Å²) < 4.78 is 0.890. The Morgan fingerprint density at radius 3 is 2.58 bits per heavy atom. The Labute approximate surface area is 147 Å². The molecule has 0 unspecified atom stereocenters. The number of nitro groups is 1. The number of hydrogen-bond acceptors (Lipinski definition) is 5. The summed E-state index contributed by atoms with van der Waals surface area (Å²) in [6.07, 6.45) is 0.653. The van der Waals surface area contributed by atoms with Crippen molar-refractivity contribution in [3.8, 4) is 17.2 Å². The number of nitriles is 1. The highest BCUT2D eigenvalue weighted by molar-refractivity contribution is 9.10. The maximum Gasteiger partial charge on any atom is 0.301 e. The molecule has 0 spiro atoms. The summed E-state index contributed by atoms with van der Waals surface area (Å²) in [6, 6.07) is 9.40. The summed E-state index contributed by atoms with van der Waals surface area (Å²) >= 11 is 3.38. The highest BCUT2D eigenvalue weighted by Gasteiger charge is 2.32. The van der Waals surface area contributed by atoms with Gasteiger partial charge in [-0.1, -0.05) is 28.1 Å². The molecule has 0 bridgehead atoms. The Balaban J connectivity index is 2.41. The molecule has 2 aromatic rings. The molecule has 0 amide bonds. The van der Waals surface area contributed by atoms with Crippen LogP contribution in [0.25, 0.3) is 11.1 Å². The molecule has 0 fully saturated rings. The summed E-state index contributed by atoms with van der Waals surface area (Å²) in [5.41, 5.74) is 8.96. The van der Waals surface area contributed by atoms with Crippen LogP contribution < -0.4 is 5.73 Å². The van der Waals surface area contributed by atoms with Crippen LogP contribution >= 0.6 is 15.9 Å². The molecule has 0 saturated carbocycles. The SMILES string of the molecule is CN1CCc2c(C#N)c(N)c([N+](=O)[O-])c(-c3ccc(Br)cc3)c2C1. The lowest BCUT2D eigenvalue weighted by molar-refractivity contribution is -0.383. The molecule has 0 aliphatic carbocycles. The second kappa shape index (κ2) is 6.23. The molecule has 1 heterocycles. The molecule has 2 N–H and O–H groups in total. The van der Waals surface area contributed by atoms with Crippen molar-refractivity contribution in [2.45, 2.75) is 13.0 Å². The molecule has 24 heavy (non-hydrogen) atoms. The van der Waals surface area contributed by atoms with Gasteiger partial charge in [-0.25, -0.2) is 0 Å². The molecular formula is C17H15BrN4O2. The van der Waals surface area contributed by atoms with E-state index in [2.05, 4.69) is 26.9 Å². The van der Waals surface area contributed by atoms with Gasteiger partial charge >= 0.3 is 5.69 Å². The van der Waals surface area contributed by atoms with E-state index >= 15 is 0 Å². The number of fused-ring (bicyclic) bond motifs is 1. The predicted molar refractivity (Wildman–Crippen MR) is 95.4 cm³/mol. The monoisotopic (exact) mass is 386 g/mol. The molecule has 122 valence electrons. The van der Waals surface area contributed by atoms with E-state index in [9.17, 15) is 15.4 Å². The fourth-order valence-electron chi connectivity index (χ4n) is 3.21. The average molecular weight is 387 g/mol. The fraction of sp³-hybridized carbons (Fsp3) is 0.235. The smallest absolute Gasteiger partial charge is 0.301 e. The number of benzene rings is 2. The molecule has 0 radical (unpaired) electrons. The van der Waals surface area contributed by atoms with Gasteiger partial charge in [0.25, 0.3) is 0 Å². The van der Waals surface area contributed by atoms with Crippen LogP contribution in [0.15, 0.2) is 28.7 Å². The zero-order chi connectivity index (χ0) is 17.4. The number of rotatable bonds is 2. The number of nitrogens with zero attached hydrogens (tertiary/aromatic N) is 3. The van der Waals surface area contributed by atoms with E-state index < -0.39 is 4.92 Å². The van der Waals surface area contributed by atoms with Crippen molar-refractivity contribution in [2.24, 2.45) is 0 Å². The first-order valence-corrected chi connectivity index (χ1v) is 8.19. The molecule has 2 aromatic carbocycles. The number of anilines is 1. The first-order chi connectivity index (χ1) is 11.4. The summed E-state index contributed by atoms with van der Waals surface area (Å²) in [4.78, 5) is 13.3. The highest BCUT2D eigenvalue weighted by Crippen LogP contribution is 2.44. The van der Waals surface area contributed by atoms with E-state index in [4.69, 9.17) is 5.73 Å². The zero-order valence-electron chi connectivity index (χ0n) is 13.0. The fourth-order valence-corrected chi connectivity index (χ4v) is 3.47. The van der Waals surface area contributed by atoms with Crippen molar-refractivity contribution < 1.29 is 4.92 Å². The molecule has 1 aliphatic rings. The van der Waals surface area contributed by atoms with Gasteiger partial charge in [-0.2, -0.15) is 5.26 Å². The van der Waals surface area contributed by atoms with Crippen molar-refractivity contribution in [1.29, 1.82) is 5.26 Å². The van der Waals surface area contributed by atoms with E-state index in [-0.39, 0.29) is 16.9 Å². The number of likely N-dealkylation sites (N-methyl/N-ethyl adjacent to an activating group) is 1. The van der Waals surface area contributed by atoms with Crippen LogP contribution in [0.3, 0.4) is 0 Å². The van der Waals surface area contributed by atoms with Crippen LogP contribution in [0.4, 0.5) is 11.4 Å². The van der Waals surface area contributed by atoms with Crippen molar-refractivity contribution in [1.82, 2.24) is 4.90 Å². The van der Waals surface area contributed by atoms with Crippen LogP contribution in [0.5, 0.6) is 0 Å². The Morgan fingerprint density at radius 1 is 1.33 bits per heavy atom. The number of hydrogen-bond donors (Lipinski definition) is 1. The van der Waals surface area contributed by atoms with Crippen molar-refractivity contribution in [2.75, 3.05) is 19.3 Å². The van der Waals surface area contributed by atoms with Crippen molar-refractivity contribution in [3.05, 3.63) is 55.5 Å². The normalized spacial score (nSPS) is 14.0. The first kappa shape index (κ1) is 16.4. The van der Waals surface area contributed by atoms with E-state index in [1.54, 1.807) is 0 Å². The lowest BCUT2D eigenvalue weighted by Gasteiger charge is -2.28. The lowest BCUT2D eigenvalue weighted by Crippen LogP contribution is -2.28. The van der Waals surface area contributed by atoms with Crippen LogP contribution in [0.2, 0.25) is 0 Å². The van der Waals surface area contributed by atoms with Crippen LogP contribution in [0.1, 0.15) is 16.7 Å². The summed E-state index contributed by atoms with van der Waals surface area (Å²) in [5.74, 6) is 0. The van der Waals surface area contributed by atoms with Gasteiger partial charge in [-0.15, -0.1) is 0 Å². The van der Waals surface area contributed by atoms with Gasteiger partial charge in [0.2, 0.25) is 0 Å². The first-order valence-electron chi connectivity index (χ1n) is 7.40. The third-order valence-corrected chi connectivity index (χ3v) is 4.86. The molecule has 1 aliphatic heterocycles. The minimum absolute atomic E-state index is 0.0382. The van der Waals surface area contributed by atoms with Crippen LogP contribution in [-0.4, -0.2) is 23.4 Å². The quantitative estimate of drug-likeness (QED) is 0.484.